The summed E-state index contributed by atoms with van der Waals surface area (Å²) in [6.45, 7) is 1.91. The predicted molar refractivity (Wildman–Crippen MR) is 101 cm³/mol. The first-order valence-electron chi connectivity index (χ1n) is 8.40. The van der Waals surface area contributed by atoms with Crippen LogP contribution in [0.25, 0.3) is 0 Å². The van der Waals surface area contributed by atoms with E-state index in [9.17, 15) is 18.0 Å². The predicted octanol–water partition coefficient (Wildman–Crippen LogP) is -0.474. The number of hydrogen-bond donors (Lipinski definition) is 2. The summed E-state index contributed by atoms with van der Waals surface area (Å²) >= 11 is 0. The van der Waals surface area contributed by atoms with Crippen LogP contribution in [0.15, 0.2) is 23.0 Å². The number of aromatic nitrogens is 1. The van der Waals surface area contributed by atoms with E-state index in [4.69, 9.17) is 0 Å². The van der Waals surface area contributed by atoms with Crippen molar-refractivity contribution in [1.82, 2.24) is 19.5 Å². The van der Waals surface area contributed by atoms with Crippen LogP contribution in [-0.2, 0) is 14.8 Å². The molecular formula is C16H25ClN4O4S. The number of amides is 1. The summed E-state index contributed by atoms with van der Waals surface area (Å²) in [6.07, 6.45) is 2.00. The highest BCUT2D eigenvalue weighted by Crippen LogP contribution is 2.38. The fraction of sp³-hybridized carbons (Fsp3) is 0.625. The van der Waals surface area contributed by atoms with Crippen LogP contribution in [0.3, 0.4) is 0 Å². The number of sulfonamides is 1. The molecule has 146 valence electrons. The molecule has 0 aromatic carbocycles. The maximum absolute atomic E-state index is 12.8. The van der Waals surface area contributed by atoms with Gasteiger partial charge in [-0.2, -0.15) is 0 Å². The lowest BCUT2D eigenvalue weighted by molar-refractivity contribution is -0.127. The van der Waals surface area contributed by atoms with Crippen molar-refractivity contribution in [3.63, 3.8) is 0 Å². The summed E-state index contributed by atoms with van der Waals surface area (Å²) in [5.74, 6) is 0.0654. The molecule has 0 aliphatic carbocycles. The molecule has 1 saturated heterocycles. The summed E-state index contributed by atoms with van der Waals surface area (Å²) in [4.78, 5) is 25.2. The van der Waals surface area contributed by atoms with E-state index in [1.54, 1.807) is 10.6 Å². The van der Waals surface area contributed by atoms with Gasteiger partial charge in [0, 0.05) is 56.8 Å². The number of carbonyl (C=O) groups excluding carboxylic acids is 1. The van der Waals surface area contributed by atoms with Gasteiger partial charge >= 0.3 is 0 Å². The minimum absolute atomic E-state index is 0. The van der Waals surface area contributed by atoms with Crippen molar-refractivity contribution in [3.05, 3.63) is 34.2 Å². The van der Waals surface area contributed by atoms with Gasteiger partial charge in [-0.15, -0.1) is 12.4 Å². The maximum Gasteiger partial charge on any atom is 0.251 e. The molecule has 1 aromatic rings. The Hall–Kier alpha value is -1.42. The van der Waals surface area contributed by atoms with Crippen molar-refractivity contribution >= 4 is 28.3 Å². The van der Waals surface area contributed by atoms with Crippen LogP contribution in [0, 0.1) is 5.92 Å². The molecule has 2 aliphatic heterocycles. The van der Waals surface area contributed by atoms with Gasteiger partial charge in [-0.25, -0.2) is 12.7 Å². The Morgan fingerprint density at radius 2 is 2.12 bits per heavy atom. The van der Waals surface area contributed by atoms with E-state index in [1.807, 2.05) is 6.07 Å². The third-order valence-corrected chi connectivity index (χ3v) is 6.42. The molecule has 26 heavy (non-hydrogen) atoms. The second kappa shape index (κ2) is 8.08. The van der Waals surface area contributed by atoms with Crippen LogP contribution >= 0.6 is 12.4 Å². The van der Waals surface area contributed by atoms with E-state index in [1.165, 1.54) is 17.4 Å². The van der Waals surface area contributed by atoms with Crippen LogP contribution in [0.5, 0.6) is 0 Å². The smallest absolute Gasteiger partial charge is 0.251 e. The maximum atomic E-state index is 12.8. The van der Waals surface area contributed by atoms with Gasteiger partial charge in [0.1, 0.15) is 6.04 Å². The van der Waals surface area contributed by atoms with Gasteiger partial charge in [0.2, 0.25) is 15.9 Å². The standard InChI is InChI=1S/C16H24N4O4S.ClH/c1-19(25(2,23)24)7-6-18-16(22)15-12-8-11(9-17-10-12)13-4-3-5-14(21)20(13)15;/h3-5,11-12,15,17H,6-10H2,1-2H3,(H,18,22);1H/t11-,12+,15-;/m1./s1. The first-order valence-corrected chi connectivity index (χ1v) is 10.2. The van der Waals surface area contributed by atoms with Crippen LogP contribution in [0.2, 0.25) is 0 Å². The number of piperidine rings is 1. The fourth-order valence-electron chi connectivity index (χ4n) is 3.74. The van der Waals surface area contributed by atoms with Crippen LogP contribution in [0.1, 0.15) is 24.1 Å². The third-order valence-electron chi connectivity index (χ3n) is 5.11. The van der Waals surface area contributed by atoms with Gasteiger partial charge in [0.05, 0.1) is 6.26 Å². The minimum atomic E-state index is -3.28. The summed E-state index contributed by atoms with van der Waals surface area (Å²) in [5.41, 5.74) is 0.729. The highest BCUT2D eigenvalue weighted by molar-refractivity contribution is 7.88. The summed E-state index contributed by atoms with van der Waals surface area (Å²) < 4.78 is 25.6. The zero-order valence-electron chi connectivity index (χ0n) is 14.8. The number of halogens is 1. The number of pyridine rings is 1. The van der Waals surface area contributed by atoms with Gasteiger partial charge < -0.3 is 10.6 Å². The Labute approximate surface area is 159 Å². The number of carbonyl (C=O) groups is 1. The lowest BCUT2D eigenvalue weighted by atomic mass is 9.79. The van der Waals surface area contributed by atoms with Crippen molar-refractivity contribution in [3.8, 4) is 0 Å². The third kappa shape index (κ3) is 4.11. The Morgan fingerprint density at radius 3 is 2.81 bits per heavy atom. The zero-order chi connectivity index (χ0) is 18.2. The lowest BCUT2D eigenvalue weighted by Crippen LogP contribution is -2.52. The van der Waals surface area contributed by atoms with Crippen molar-refractivity contribution < 1.29 is 13.2 Å². The molecule has 2 N–H and O–H groups in total. The number of hydrogen-bond acceptors (Lipinski definition) is 5. The van der Waals surface area contributed by atoms with Crippen molar-refractivity contribution in [1.29, 1.82) is 0 Å². The summed E-state index contributed by atoms with van der Waals surface area (Å²) in [7, 11) is -1.81. The second-order valence-corrected chi connectivity index (χ2v) is 8.92. The molecule has 3 heterocycles. The minimum Gasteiger partial charge on any atom is -0.353 e. The van der Waals surface area contributed by atoms with E-state index in [-0.39, 0.29) is 48.8 Å². The number of fused-ring (bicyclic) bond motifs is 4. The lowest BCUT2D eigenvalue weighted by Gasteiger charge is -2.42. The molecule has 10 heteroatoms. The van der Waals surface area contributed by atoms with Crippen molar-refractivity contribution in [2.75, 3.05) is 39.5 Å². The second-order valence-electron chi connectivity index (χ2n) is 6.83. The van der Waals surface area contributed by atoms with E-state index in [2.05, 4.69) is 10.6 Å². The molecule has 0 radical (unpaired) electrons. The molecule has 3 atom stereocenters. The molecule has 0 saturated carbocycles. The molecule has 2 bridgehead atoms. The Kier molecular flexibility index (Phi) is 6.49. The number of nitrogens with zero attached hydrogens (tertiary/aromatic N) is 2. The Balaban J connectivity index is 0.00000243. The fourth-order valence-corrected chi connectivity index (χ4v) is 4.16. The topological polar surface area (TPSA) is 101 Å². The SMILES string of the molecule is CN(CCNC(=O)[C@H]1[C@@H]2CNC[C@@H](C2)c2cccc(=O)n21)S(C)(=O)=O.Cl. The molecule has 0 spiro atoms. The number of likely N-dealkylation sites (N-methyl/N-ethyl adjacent to an activating group) is 1. The zero-order valence-corrected chi connectivity index (χ0v) is 16.5. The van der Waals surface area contributed by atoms with Crippen molar-refractivity contribution in [2.24, 2.45) is 5.92 Å². The van der Waals surface area contributed by atoms with Crippen LogP contribution in [-0.4, -0.2) is 62.7 Å². The van der Waals surface area contributed by atoms with Gasteiger partial charge in [-0.3, -0.25) is 14.2 Å². The molecule has 1 aromatic heterocycles. The molecule has 3 rings (SSSR count). The first kappa shape index (κ1) is 20.9. The van der Waals surface area contributed by atoms with Crippen LogP contribution in [0.4, 0.5) is 0 Å². The molecule has 2 aliphatic rings. The van der Waals surface area contributed by atoms with Gasteiger partial charge in [0.15, 0.2) is 0 Å². The average Bonchev–Trinajstić information content (AvgIpc) is 2.55. The van der Waals surface area contributed by atoms with E-state index in [0.29, 0.717) is 6.54 Å². The van der Waals surface area contributed by atoms with Gasteiger partial charge in [-0.05, 0) is 12.5 Å². The highest BCUT2D eigenvalue weighted by atomic mass is 35.5. The largest absolute Gasteiger partial charge is 0.353 e. The summed E-state index contributed by atoms with van der Waals surface area (Å²) in [5, 5.41) is 6.14. The van der Waals surface area contributed by atoms with Crippen LogP contribution < -0.4 is 16.2 Å². The Bertz CT molecular complexity index is 826. The van der Waals surface area contributed by atoms with Gasteiger partial charge in [0.25, 0.3) is 5.56 Å². The molecule has 1 amide bonds. The van der Waals surface area contributed by atoms with E-state index < -0.39 is 16.1 Å². The number of rotatable bonds is 5. The molecular weight excluding hydrogens is 380 g/mol. The van der Waals surface area contributed by atoms with E-state index in [0.717, 1.165) is 24.9 Å². The number of nitrogens with one attached hydrogen (secondary N) is 2. The normalized spacial score (nSPS) is 24.5. The quantitative estimate of drug-likeness (QED) is 0.690. The monoisotopic (exact) mass is 404 g/mol. The highest BCUT2D eigenvalue weighted by Gasteiger charge is 2.41. The Morgan fingerprint density at radius 1 is 1.38 bits per heavy atom. The molecule has 0 unspecified atom stereocenters. The average molecular weight is 405 g/mol. The van der Waals surface area contributed by atoms with Gasteiger partial charge in [-0.1, -0.05) is 6.07 Å². The molecule has 8 nitrogen and oxygen atoms in total. The molecule has 1 fully saturated rings. The van der Waals surface area contributed by atoms with E-state index >= 15 is 0 Å². The first-order chi connectivity index (χ1) is 11.8. The van der Waals surface area contributed by atoms with Crippen molar-refractivity contribution in [2.45, 2.75) is 18.4 Å². The summed E-state index contributed by atoms with van der Waals surface area (Å²) in [6, 6.07) is 4.57.